The summed E-state index contributed by atoms with van der Waals surface area (Å²) in [6.45, 7) is 2.27. The number of fused-ring (bicyclic) bond motifs is 1. The quantitative estimate of drug-likeness (QED) is 0.197. The third-order valence-corrected chi connectivity index (χ3v) is 8.45. The summed E-state index contributed by atoms with van der Waals surface area (Å²) in [6.07, 6.45) is 14.9. The van der Waals surface area contributed by atoms with Crippen LogP contribution < -0.4 is 10.5 Å². The maximum absolute atomic E-state index is 13.5. The number of thioether (sulfide) groups is 1. The van der Waals surface area contributed by atoms with Crippen molar-refractivity contribution in [3.8, 4) is 0 Å². The third-order valence-electron chi connectivity index (χ3n) is 7.08. The lowest BCUT2D eigenvalue weighted by molar-refractivity contribution is -0.137. The lowest BCUT2D eigenvalue weighted by Crippen LogP contribution is -2.33. The number of unbranched alkanes of at least 4 members (excludes halogenated alkanes) is 7. The molecule has 8 nitrogen and oxygen atoms in total. The summed E-state index contributed by atoms with van der Waals surface area (Å²) in [6, 6.07) is 5.51. The second-order valence-corrected chi connectivity index (χ2v) is 11.6. The van der Waals surface area contributed by atoms with Gasteiger partial charge in [-0.05, 0) is 50.3 Å². The van der Waals surface area contributed by atoms with Gasteiger partial charge in [-0.2, -0.15) is 0 Å². The number of aliphatic carboxylic acids is 1. The molecule has 4 heterocycles. The summed E-state index contributed by atoms with van der Waals surface area (Å²) < 4.78 is 2.07. The largest absolute Gasteiger partial charge is 0.481 e. The van der Waals surface area contributed by atoms with Crippen LogP contribution in [0.4, 0.5) is 5.82 Å². The van der Waals surface area contributed by atoms with Gasteiger partial charge in [-0.1, -0.05) is 68.6 Å². The molecule has 10 heteroatoms. The van der Waals surface area contributed by atoms with E-state index in [1.807, 2.05) is 12.1 Å². The summed E-state index contributed by atoms with van der Waals surface area (Å²) in [7, 11) is 0. The molecule has 0 aliphatic carbocycles. The molecule has 0 unspecified atom stereocenters. The van der Waals surface area contributed by atoms with Gasteiger partial charge in [0.2, 0.25) is 0 Å². The van der Waals surface area contributed by atoms with E-state index in [-0.39, 0.29) is 17.9 Å². The van der Waals surface area contributed by atoms with Gasteiger partial charge < -0.3 is 10.0 Å². The number of piperidine rings is 1. The number of anilines is 1. The monoisotopic (exact) mass is 556 g/mol. The van der Waals surface area contributed by atoms with E-state index in [1.54, 1.807) is 23.2 Å². The Balaban J connectivity index is 1.37. The van der Waals surface area contributed by atoms with Gasteiger partial charge in [-0.25, -0.2) is 4.98 Å². The van der Waals surface area contributed by atoms with Gasteiger partial charge in [0.05, 0.1) is 10.5 Å². The topological polar surface area (TPSA) is 95.2 Å². The van der Waals surface area contributed by atoms with E-state index in [9.17, 15) is 14.4 Å². The third kappa shape index (κ3) is 7.22. The number of hydrogen-bond donors (Lipinski definition) is 1. The second-order valence-electron chi connectivity index (χ2n) is 9.94. The van der Waals surface area contributed by atoms with Gasteiger partial charge in [0, 0.05) is 32.3 Å². The lowest BCUT2D eigenvalue weighted by atomic mass is 10.1. The van der Waals surface area contributed by atoms with E-state index in [4.69, 9.17) is 22.3 Å². The Hall–Kier alpha value is -2.72. The first-order valence-electron chi connectivity index (χ1n) is 13.7. The Labute approximate surface area is 233 Å². The number of carbonyl (C=O) groups is 2. The minimum atomic E-state index is -0.723. The molecule has 1 amide bonds. The molecule has 38 heavy (non-hydrogen) atoms. The van der Waals surface area contributed by atoms with Crippen LogP contribution in [0.2, 0.25) is 0 Å². The van der Waals surface area contributed by atoms with Crippen LogP contribution in [0.3, 0.4) is 0 Å². The zero-order chi connectivity index (χ0) is 26.9. The number of rotatable bonds is 13. The molecule has 0 bridgehead atoms. The highest BCUT2D eigenvalue weighted by Crippen LogP contribution is 2.34. The molecule has 2 saturated heterocycles. The SMILES string of the molecule is O=C(O)CCCCCCCCCCN1C(=O)/C(=C\c2c(N3CCCCC3)nc3ccccn3c2=O)SC1=S. The summed E-state index contributed by atoms with van der Waals surface area (Å²) in [4.78, 5) is 46.4. The molecule has 2 aromatic heterocycles. The van der Waals surface area contributed by atoms with Crippen LogP contribution in [-0.2, 0) is 9.59 Å². The van der Waals surface area contributed by atoms with Gasteiger partial charge in [-0.15, -0.1) is 0 Å². The van der Waals surface area contributed by atoms with Crippen LogP contribution in [-0.4, -0.2) is 55.2 Å². The Morgan fingerprint density at radius 3 is 2.39 bits per heavy atom. The zero-order valence-electron chi connectivity index (χ0n) is 21.8. The molecule has 4 rings (SSSR count). The maximum atomic E-state index is 13.5. The molecule has 2 aromatic rings. The van der Waals surface area contributed by atoms with Crippen molar-refractivity contribution in [2.45, 2.75) is 77.0 Å². The van der Waals surface area contributed by atoms with Crippen molar-refractivity contribution in [2.24, 2.45) is 0 Å². The fraction of sp³-hybridized carbons (Fsp3) is 0.536. The Morgan fingerprint density at radius 2 is 1.68 bits per heavy atom. The number of carboxylic acids is 1. The first kappa shape index (κ1) is 28.3. The van der Waals surface area contributed by atoms with E-state index in [2.05, 4.69) is 4.90 Å². The lowest BCUT2D eigenvalue weighted by Gasteiger charge is -2.29. The number of thiocarbonyl (C=S) groups is 1. The molecule has 0 radical (unpaired) electrons. The fourth-order valence-electron chi connectivity index (χ4n) is 4.99. The smallest absolute Gasteiger partial charge is 0.303 e. The van der Waals surface area contributed by atoms with Gasteiger partial charge in [-0.3, -0.25) is 23.7 Å². The van der Waals surface area contributed by atoms with Gasteiger partial charge in [0.25, 0.3) is 11.5 Å². The van der Waals surface area contributed by atoms with E-state index in [1.165, 1.54) is 22.6 Å². The summed E-state index contributed by atoms with van der Waals surface area (Å²) in [5.41, 5.74) is 0.867. The molecule has 204 valence electrons. The molecule has 0 aromatic carbocycles. The van der Waals surface area contributed by atoms with Crippen LogP contribution in [0.1, 0.15) is 82.6 Å². The fourth-order valence-corrected chi connectivity index (χ4v) is 6.29. The van der Waals surface area contributed by atoms with Crippen LogP contribution in [0.15, 0.2) is 34.1 Å². The minimum absolute atomic E-state index is 0.138. The number of carboxylic acid groups (broad SMARTS) is 1. The number of nitrogens with zero attached hydrogens (tertiary/aromatic N) is 4. The van der Waals surface area contributed by atoms with Gasteiger partial charge in [0.1, 0.15) is 15.8 Å². The van der Waals surface area contributed by atoms with Crippen molar-refractivity contribution < 1.29 is 14.7 Å². The average Bonchev–Trinajstić information content (AvgIpc) is 3.18. The highest BCUT2D eigenvalue weighted by molar-refractivity contribution is 8.26. The second kappa shape index (κ2) is 13.9. The molecular formula is C28H36N4O4S2. The molecule has 2 aliphatic heterocycles. The first-order chi connectivity index (χ1) is 18.5. The Bertz CT molecular complexity index is 1250. The van der Waals surface area contributed by atoms with E-state index < -0.39 is 5.97 Å². The molecule has 2 aliphatic rings. The zero-order valence-corrected chi connectivity index (χ0v) is 23.4. The number of aromatic nitrogens is 2. The molecule has 0 spiro atoms. The molecular weight excluding hydrogens is 520 g/mol. The summed E-state index contributed by atoms with van der Waals surface area (Å²) >= 11 is 6.79. The summed E-state index contributed by atoms with van der Waals surface area (Å²) in [5, 5.41) is 8.69. The van der Waals surface area contributed by atoms with Crippen LogP contribution in [0.25, 0.3) is 11.7 Å². The number of hydrogen-bond acceptors (Lipinski definition) is 7. The van der Waals surface area contributed by atoms with Crippen LogP contribution in [0.5, 0.6) is 0 Å². The van der Waals surface area contributed by atoms with E-state index in [0.717, 1.165) is 77.3 Å². The number of amides is 1. The van der Waals surface area contributed by atoms with Crippen molar-refractivity contribution in [2.75, 3.05) is 24.5 Å². The van der Waals surface area contributed by atoms with E-state index in [0.29, 0.717) is 32.8 Å². The standard InChI is InChI=1S/C28H36N4O4S2/c33-24(34)15-8-5-3-1-2-4-6-12-19-32-27(36)22(38-28(32)37)20-21-25(30-16-10-7-11-17-30)29-23-14-9-13-18-31(23)26(21)35/h9,13-14,18,20H,1-8,10-12,15-17,19H2,(H,33,34)/b22-20+. The molecule has 0 saturated carbocycles. The van der Waals surface area contributed by atoms with Crippen molar-refractivity contribution in [3.05, 3.63) is 45.2 Å². The van der Waals surface area contributed by atoms with Crippen molar-refractivity contribution in [3.63, 3.8) is 0 Å². The molecule has 1 N–H and O–H groups in total. The molecule has 2 fully saturated rings. The predicted molar refractivity (Wildman–Crippen MR) is 157 cm³/mol. The van der Waals surface area contributed by atoms with Crippen molar-refractivity contribution in [1.29, 1.82) is 0 Å². The highest BCUT2D eigenvalue weighted by Gasteiger charge is 2.32. The Kier molecular flexibility index (Phi) is 10.3. The molecule has 0 atom stereocenters. The minimum Gasteiger partial charge on any atom is -0.481 e. The maximum Gasteiger partial charge on any atom is 0.303 e. The normalized spacial score (nSPS) is 17.2. The number of pyridine rings is 1. The average molecular weight is 557 g/mol. The van der Waals surface area contributed by atoms with Crippen LogP contribution in [0, 0.1) is 0 Å². The van der Waals surface area contributed by atoms with Crippen LogP contribution >= 0.6 is 24.0 Å². The van der Waals surface area contributed by atoms with E-state index >= 15 is 0 Å². The first-order valence-corrected chi connectivity index (χ1v) is 14.9. The number of carbonyl (C=O) groups excluding carboxylic acids is 1. The van der Waals surface area contributed by atoms with Crippen molar-refractivity contribution in [1.82, 2.24) is 14.3 Å². The highest BCUT2D eigenvalue weighted by atomic mass is 32.2. The van der Waals surface area contributed by atoms with Crippen molar-refractivity contribution >= 4 is 57.7 Å². The van der Waals surface area contributed by atoms with Gasteiger partial charge >= 0.3 is 5.97 Å². The predicted octanol–water partition coefficient (Wildman–Crippen LogP) is 5.48. The summed E-state index contributed by atoms with van der Waals surface area (Å²) in [5.74, 6) is -0.214. The Morgan fingerprint density at radius 1 is 1.00 bits per heavy atom. The van der Waals surface area contributed by atoms with Gasteiger partial charge in [0.15, 0.2) is 0 Å².